The molecule has 5 heteroatoms. The van der Waals surface area contributed by atoms with E-state index in [4.69, 9.17) is 5.84 Å². The minimum Gasteiger partial charge on any atom is -0.369 e. The molecule has 2 rings (SSSR count). The number of hydrogen-bond acceptors (Lipinski definition) is 5. The Bertz CT molecular complexity index is 426. The summed E-state index contributed by atoms with van der Waals surface area (Å²) in [4.78, 5) is 8.89. The van der Waals surface area contributed by atoms with Gasteiger partial charge in [-0.1, -0.05) is 20.8 Å². The van der Waals surface area contributed by atoms with Gasteiger partial charge < -0.3 is 10.7 Å². The lowest BCUT2D eigenvalue weighted by Crippen LogP contribution is -2.22. The number of aromatic nitrogens is 2. The zero-order chi connectivity index (χ0) is 13.9. The van der Waals surface area contributed by atoms with Gasteiger partial charge >= 0.3 is 0 Å². The Labute approximate surface area is 115 Å². The molecule has 1 aliphatic rings. The monoisotopic (exact) mass is 263 g/mol. The van der Waals surface area contributed by atoms with Crippen molar-refractivity contribution < 1.29 is 0 Å². The summed E-state index contributed by atoms with van der Waals surface area (Å²) in [7, 11) is 0. The molecule has 1 aromatic heterocycles. The predicted octanol–water partition coefficient (Wildman–Crippen LogP) is 2.56. The first-order valence-corrected chi connectivity index (χ1v) is 7.18. The lowest BCUT2D eigenvalue weighted by Gasteiger charge is -2.20. The minimum absolute atomic E-state index is 0.464. The smallest absolute Gasteiger partial charge is 0.145 e. The Morgan fingerprint density at radius 2 is 2.00 bits per heavy atom. The van der Waals surface area contributed by atoms with Gasteiger partial charge in [-0.25, -0.2) is 15.8 Å². The lowest BCUT2D eigenvalue weighted by atomic mass is 9.92. The zero-order valence-electron chi connectivity index (χ0n) is 12.2. The van der Waals surface area contributed by atoms with Gasteiger partial charge in [0.1, 0.15) is 17.5 Å². The third-order valence-corrected chi connectivity index (χ3v) is 4.13. The maximum absolute atomic E-state index is 5.46. The van der Waals surface area contributed by atoms with Gasteiger partial charge in [0.25, 0.3) is 0 Å². The number of rotatable bonds is 7. The maximum Gasteiger partial charge on any atom is 0.145 e. The van der Waals surface area contributed by atoms with Crippen molar-refractivity contribution in [1.82, 2.24) is 9.97 Å². The van der Waals surface area contributed by atoms with Crippen molar-refractivity contribution in [2.24, 2.45) is 17.2 Å². The summed E-state index contributed by atoms with van der Waals surface area (Å²) in [6.07, 6.45) is 4.53. The fourth-order valence-electron chi connectivity index (χ4n) is 2.38. The Hall–Kier alpha value is -1.36. The average molecular weight is 263 g/mol. The molecular weight excluding hydrogens is 238 g/mol. The van der Waals surface area contributed by atoms with Gasteiger partial charge in [0.2, 0.25) is 0 Å². The predicted molar refractivity (Wildman–Crippen MR) is 78.8 cm³/mol. The fraction of sp³-hybridized carbons (Fsp3) is 0.714. The Morgan fingerprint density at radius 3 is 2.53 bits per heavy atom. The molecular formula is C14H25N5. The molecule has 0 radical (unpaired) electrons. The molecule has 1 fully saturated rings. The van der Waals surface area contributed by atoms with E-state index >= 15 is 0 Å². The van der Waals surface area contributed by atoms with Gasteiger partial charge in [0, 0.05) is 19.0 Å². The normalized spacial score (nSPS) is 16.5. The van der Waals surface area contributed by atoms with Gasteiger partial charge in [-0.2, -0.15) is 0 Å². The molecule has 1 heterocycles. The van der Waals surface area contributed by atoms with Crippen molar-refractivity contribution in [3.63, 3.8) is 0 Å². The van der Waals surface area contributed by atoms with E-state index in [1.165, 1.54) is 12.8 Å². The van der Waals surface area contributed by atoms with Crippen LogP contribution in [0, 0.1) is 11.3 Å². The van der Waals surface area contributed by atoms with Gasteiger partial charge in [0.05, 0.1) is 0 Å². The number of nitrogens with zero attached hydrogens (tertiary/aromatic N) is 2. The molecule has 19 heavy (non-hydrogen) atoms. The Morgan fingerprint density at radius 1 is 1.32 bits per heavy atom. The van der Waals surface area contributed by atoms with Crippen LogP contribution >= 0.6 is 0 Å². The van der Waals surface area contributed by atoms with Crippen molar-refractivity contribution in [2.45, 2.75) is 46.5 Å². The molecule has 0 atom stereocenters. The first-order valence-electron chi connectivity index (χ1n) is 7.18. The number of anilines is 2. The van der Waals surface area contributed by atoms with Crippen molar-refractivity contribution >= 4 is 11.6 Å². The van der Waals surface area contributed by atoms with Crippen molar-refractivity contribution in [3.8, 4) is 0 Å². The summed E-state index contributed by atoms with van der Waals surface area (Å²) in [6.45, 7) is 7.70. The van der Waals surface area contributed by atoms with Crippen LogP contribution in [0.15, 0.2) is 6.07 Å². The SMILES string of the molecule is CCCc1nc(NN)cc(NCC2(C(C)C)CC2)n1. The second kappa shape index (κ2) is 5.74. The molecule has 0 amide bonds. The third kappa shape index (κ3) is 3.35. The van der Waals surface area contributed by atoms with Crippen LogP contribution in [0.4, 0.5) is 11.6 Å². The van der Waals surface area contributed by atoms with E-state index in [2.05, 4.69) is 41.5 Å². The summed E-state index contributed by atoms with van der Waals surface area (Å²) < 4.78 is 0. The molecule has 0 saturated heterocycles. The summed E-state index contributed by atoms with van der Waals surface area (Å²) >= 11 is 0. The van der Waals surface area contributed by atoms with Crippen molar-refractivity contribution in [3.05, 3.63) is 11.9 Å². The van der Waals surface area contributed by atoms with Crippen molar-refractivity contribution in [2.75, 3.05) is 17.3 Å². The molecule has 4 N–H and O–H groups in total. The van der Waals surface area contributed by atoms with E-state index in [0.717, 1.165) is 31.0 Å². The first kappa shape index (κ1) is 14.1. The van der Waals surface area contributed by atoms with Crippen LogP contribution in [0.25, 0.3) is 0 Å². The number of hydrazine groups is 1. The molecule has 1 aliphatic carbocycles. The van der Waals surface area contributed by atoms with Gasteiger partial charge in [0.15, 0.2) is 0 Å². The highest BCUT2D eigenvalue weighted by Crippen LogP contribution is 2.51. The van der Waals surface area contributed by atoms with Gasteiger partial charge in [-0.05, 0) is 30.6 Å². The Kier molecular flexibility index (Phi) is 4.24. The molecule has 1 aromatic rings. The van der Waals surface area contributed by atoms with Crippen LogP contribution in [0.2, 0.25) is 0 Å². The van der Waals surface area contributed by atoms with Crippen LogP contribution in [0.5, 0.6) is 0 Å². The highest BCUT2D eigenvalue weighted by Gasteiger charge is 2.44. The molecule has 106 valence electrons. The molecule has 0 unspecified atom stereocenters. The van der Waals surface area contributed by atoms with Crippen molar-refractivity contribution in [1.29, 1.82) is 0 Å². The second-order valence-corrected chi connectivity index (χ2v) is 5.82. The number of nitrogen functional groups attached to an aromatic ring is 1. The first-order chi connectivity index (χ1) is 9.09. The topological polar surface area (TPSA) is 75.9 Å². The second-order valence-electron chi connectivity index (χ2n) is 5.82. The molecule has 0 aliphatic heterocycles. The fourth-order valence-corrected chi connectivity index (χ4v) is 2.38. The standard InChI is InChI=1S/C14H25N5/c1-4-5-11-17-12(8-13(18-11)19-15)16-9-14(6-7-14)10(2)3/h8,10H,4-7,9,15H2,1-3H3,(H2,16,17,18,19). The van der Waals surface area contributed by atoms with Crippen LogP contribution in [0.3, 0.4) is 0 Å². The third-order valence-electron chi connectivity index (χ3n) is 4.13. The summed E-state index contributed by atoms with van der Waals surface area (Å²) in [5.41, 5.74) is 3.08. The quantitative estimate of drug-likeness (QED) is 0.520. The van der Waals surface area contributed by atoms with Crippen LogP contribution < -0.4 is 16.6 Å². The van der Waals surface area contributed by atoms with Crippen LogP contribution in [-0.4, -0.2) is 16.5 Å². The van der Waals surface area contributed by atoms with E-state index in [0.29, 0.717) is 17.2 Å². The highest BCUT2D eigenvalue weighted by molar-refractivity contribution is 5.47. The number of hydrogen-bond donors (Lipinski definition) is 3. The Balaban J connectivity index is 2.05. The zero-order valence-corrected chi connectivity index (χ0v) is 12.2. The number of nitrogens with one attached hydrogen (secondary N) is 2. The number of nitrogens with two attached hydrogens (primary N) is 1. The van der Waals surface area contributed by atoms with Gasteiger partial charge in [-0.3, -0.25) is 0 Å². The van der Waals surface area contributed by atoms with E-state index in [9.17, 15) is 0 Å². The largest absolute Gasteiger partial charge is 0.369 e. The summed E-state index contributed by atoms with van der Waals surface area (Å²) in [6, 6.07) is 1.87. The number of aryl methyl sites for hydroxylation is 1. The van der Waals surface area contributed by atoms with E-state index < -0.39 is 0 Å². The van der Waals surface area contributed by atoms with Crippen LogP contribution in [-0.2, 0) is 6.42 Å². The molecule has 0 spiro atoms. The summed E-state index contributed by atoms with van der Waals surface area (Å²) in [5.74, 6) is 8.56. The van der Waals surface area contributed by atoms with Gasteiger partial charge in [-0.15, -0.1) is 0 Å². The van der Waals surface area contributed by atoms with E-state index in [1.807, 2.05) is 6.07 Å². The average Bonchev–Trinajstić information content (AvgIpc) is 3.18. The summed E-state index contributed by atoms with van der Waals surface area (Å²) in [5, 5.41) is 3.46. The minimum atomic E-state index is 0.464. The lowest BCUT2D eigenvalue weighted by molar-refractivity contribution is 0.380. The highest BCUT2D eigenvalue weighted by atomic mass is 15.3. The van der Waals surface area contributed by atoms with E-state index in [-0.39, 0.29) is 0 Å². The molecule has 1 saturated carbocycles. The van der Waals surface area contributed by atoms with Crippen LogP contribution in [0.1, 0.15) is 45.9 Å². The maximum atomic E-state index is 5.46. The molecule has 5 nitrogen and oxygen atoms in total. The molecule has 0 aromatic carbocycles. The van der Waals surface area contributed by atoms with E-state index in [1.54, 1.807) is 0 Å². The molecule has 0 bridgehead atoms.